The third-order valence-corrected chi connectivity index (χ3v) is 4.78. The summed E-state index contributed by atoms with van der Waals surface area (Å²) < 4.78 is 27.4. The van der Waals surface area contributed by atoms with Crippen molar-refractivity contribution < 1.29 is 8.78 Å². The first-order valence-corrected chi connectivity index (χ1v) is 7.09. The molecule has 4 heteroatoms. The van der Waals surface area contributed by atoms with Crippen molar-refractivity contribution >= 4 is 11.4 Å². The zero-order valence-corrected chi connectivity index (χ0v) is 11.3. The third-order valence-electron chi connectivity index (χ3n) is 4.78. The molecule has 0 amide bonds. The van der Waals surface area contributed by atoms with Gasteiger partial charge in [-0.05, 0) is 25.3 Å². The fourth-order valence-corrected chi connectivity index (χ4v) is 3.64. The Balaban J connectivity index is 2.06. The van der Waals surface area contributed by atoms with Crippen LogP contribution in [0.4, 0.5) is 20.2 Å². The van der Waals surface area contributed by atoms with Crippen LogP contribution in [-0.4, -0.2) is 19.1 Å². The molecule has 1 spiro atoms. The van der Waals surface area contributed by atoms with Gasteiger partial charge in [-0.15, -0.1) is 0 Å². The predicted octanol–water partition coefficient (Wildman–Crippen LogP) is 3.92. The quantitative estimate of drug-likeness (QED) is 0.765. The van der Waals surface area contributed by atoms with Crippen LogP contribution in [-0.2, 0) is 0 Å². The van der Waals surface area contributed by atoms with E-state index in [-0.39, 0.29) is 5.54 Å². The molecule has 0 bridgehead atoms. The second-order valence-electron chi connectivity index (χ2n) is 5.80. The van der Waals surface area contributed by atoms with Crippen molar-refractivity contribution in [2.24, 2.45) is 0 Å². The van der Waals surface area contributed by atoms with Gasteiger partial charge in [-0.3, -0.25) is 0 Å². The van der Waals surface area contributed by atoms with Crippen LogP contribution in [0, 0.1) is 11.6 Å². The fourth-order valence-electron chi connectivity index (χ4n) is 3.64. The number of nitrogens with one attached hydrogen (secondary N) is 1. The van der Waals surface area contributed by atoms with Crippen molar-refractivity contribution in [3.8, 4) is 0 Å². The summed E-state index contributed by atoms with van der Waals surface area (Å²) in [6.45, 7) is 0.750. The highest BCUT2D eigenvalue weighted by Gasteiger charge is 2.38. The number of hydrogen-bond acceptors (Lipinski definition) is 2. The highest BCUT2D eigenvalue weighted by atomic mass is 19.1. The van der Waals surface area contributed by atoms with E-state index < -0.39 is 11.6 Å². The van der Waals surface area contributed by atoms with Crippen molar-refractivity contribution in [3.05, 3.63) is 23.8 Å². The second-order valence-corrected chi connectivity index (χ2v) is 5.80. The first-order valence-electron chi connectivity index (χ1n) is 7.09. The molecule has 0 saturated heterocycles. The van der Waals surface area contributed by atoms with E-state index in [9.17, 15) is 8.78 Å². The van der Waals surface area contributed by atoms with Crippen LogP contribution >= 0.6 is 0 Å². The standard InChI is InChI=1S/C15H20F2N2/c1-19-13-10-11(16)9-12(17)14(13)18-8-7-15(19)5-3-2-4-6-15/h9-10,18H,2-8H2,1H3. The number of hydrogen-bond donors (Lipinski definition) is 1. The number of nitrogens with zero attached hydrogens (tertiary/aromatic N) is 1. The van der Waals surface area contributed by atoms with Crippen molar-refractivity contribution in [1.82, 2.24) is 0 Å². The van der Waals surface area contributed by atoms with Gasteiger partial charge in [-0.1, -0.05) is 19.3 Å². The highest BCUT2D eigenvalue weighted by Crippen LogP contribution is 2.43. The highest BCUT2D eigenvalue weighted by molar-refractivity contribution is 5.72. The lowest BCUT2D eigenvalue weighted by Gasteiger charge is -2.45. The van der Waals surface area contributed by atoms with Gasteiger partial charge in [0.1, 0.15) is 5.82 Å². The Morgan fingerprint density at radius 2 is 1.84 bits per heavy atom. The van der Waals surface area contributed by atoms with E-state index >= 15 is 0 Å². The molecule has 2 nitrogen and oxygen atoms in total. The molecule has 3 rings (SSSR count). The van der Waals surface area contributed by atoms with Gasteiger partial charge in [0.2, 0.25) is 0 Å². The van der Waals surface area contributed by atoms with Crippen molar-refractivity contribution in [1.29, 1.82) is 0 Å². The molecule has 1 saturated carbocycles. The number of anilines is 2. The number of halogens is 2. The lowest BCUT2D eigenvalue weighted by Crippen LogP contribution is -2.48. The van der Waals surface area contributed by atoms with E-state index in [1.165, 1.54) is 25.3 Å². The Hall–Kier alpha value is -1.32. The van der Waals surface area contributed by atoms with Gasteiger partial charge < -0.3 is 10.2 Å². The number of rotatable bonds is 0. The Kier molecular flexibility index (Phi) is 3.11. The fraction of sp³-hybridized carbons (Fsp3) is 0.600. The molecule has 1 aromatic rings. The molecule has 0 atom stereocenters. The molecular formula is C15H20F2N2. The van der Waals surface area contributed by atoms with E-state index in [0.717, 1.165) is 31.9 Å². The maximum atomic E-state index is 13.9. The predicted molar refractivity (Wildman–Crippen MR) is 73.7 cm³/mol. The Morgan fingerprint density at radius 1 is 1.11 bits per heavy atom. The summed E-state index contributed by atoms with van der Waals surface area (Å²) in [6, 6.07) is 2.41. The summed E-state index contributed by atoms with van der Waals surface area (Å²) in [5.41, 5.74) is 1.18. The summed E-state index contributed by atoms with van der Waals surface area (Å²) in [5.74, 6) is -0.993. The molecule has 1 aliphatic heterocycles. The van der Waals surface area contributed by atoms with Gasteiger partial charge in [-0.2, -0.15) is 0 Å². The summed E-state index contributed by atoms with van der Waals surface area (Å²) in [4.78, 5) is 2.12. The third kappa shape index (κ3) is 2.07. The SMILES string of the molecule is CN1c2cc(F)cc(F)c2NCCC12CCCCC2. The second kappa shape index (κ2) is 4.66. The molecule has 1 N–H and O–H groups in total. The largest absolute Gasteiger partial charge is 0.381 e. The zero-order chi connectivity index (χ0) is 13.5. The molecule has 0 radical (unpaired) electrons. The Morgan fingerprint density at radius 3 is 2.58 bits per heavy atom. The van der Waals surface area contributed by atoms with Gasteiger partial charge in [0.05, 0.1) is 11.4 Å². The van der Waals surface area contributed by atoms with Gasteiger partial charge in [0.15, 0.2) is 5.82 Å². The van der Waals surface area contributed by atoms with Crippen LogP contribution < -0.4 is 10.2 Å². The maximum absolute atomic E-state index is 13.9. The first-order chi connectivity index (χ1) is 9.12. The van der Waals surface area contributed by atoms with Crippen LogP contribution in [0.5, 0.6) is 0 Å². The smallest absolute Gasteiger partial charge is 0.151 e. The molecule has 1 aromatic carbocycles. The molecule has 1 fully saturated rings. The molecular weight excluding hydrogens is 246 g/mol. The minimum Gasteiger partial charge on any atom is -0.381 e. The molecule has 104 valence electrons. The van der Waals surface area contributed by atoms with Gasteiger partial charge in [-0.25, -0.2) is 8.78 Å². The van der Waals surface area contributed by atoms with Gasteiger partial charge in [0, 0.05) is 25.2 Å². The van der Waals surface area contributed by atoms with Crippen LogP contribution in [0.3, 0.4) is 0 Å². The molecule has 1 aliphatic carbocycles. The van der Waals surface area contributed by atoms with Crippen LogP contribution in [0.25, 0.3) is 0 Å². The summed E-state index contributed by atoms with van der Waals surface area (Å²) in [5, 5.41) is 3.14. The normalized spacial score (nSPS) is 21.7. The lowest BCUT2D eigenvalue weighted by molar-refractivity contribution is 0.274. The van der Waals surface area contributed by atoms with Crippen LogP contribution in [0.1, 0.15) is 38.5 Å². The maximum Gasteiger partial charge on any atom is 0.151 e. The van der Waals surface area contributed by atoms with Crippen LogP contribution in [0.2, 0.25) is 0 Å². The van der Waals surface area contributed by atoms with Crippen molar-refractivity contribution in [2.75, 3.05) is 23.8 Å². The average molecular weight is 266 g/mol. The Bertz CT molecular complexity index is 481. The lowest BCUT2D eigenvalue weighted by atomic mass is 9.78. The average Bonchev–Trinajstić information content (AvgIpc) is 2.52. The van der Waals surface area contributed by atoms with E-state index in [1.54, 1.807) is 0 Å². The number of fused-ring (bicyclic) bond motifs is 1. The monoisotopic (exact) mass is 266 g/mol. The van der Waals surface area contributed by atoms with E-state index in [1.807, 2.05) is 7.05 Å². The topological polar surface area (TPSA) is 15.3 Å². The summed E-state index contributed by atoms with van der Waals surface area (Å²) in [7, 11) is 1.98. The summed E-state index contributed by atoms with van der Waals surface area (Å²) >= 11 is 0. The molecule has 2 aliphatic rings. The zero-order valence-electron chi connectivity index (χ0n) is 11.3. The summed E-state index contributed by atoms with van der Waals surface area (Å²) in [6.07, 6.45) is 6.90. The van der Waals surface area contributed by atoms with Gasteiger partial charge in [0.25, 0.3) is 0 Å². The van der Waals surface area contributed by atoms with Crippen LogP contribution in [0.15, 0.2) is 12.1 Å². The molecule has 0 aromatic heterocycles. The first kappa shape index (κ1) is 12.7. The van der Waals surface area contributed by atoms with Crippen molar-refractivity contribution in [2.45, 2.75) is 44.1 Å². The van der Waals surface area contributed by atoms with Gasteiger partial charge >= 0.3 is 0 Å². The number of benzene rings is 1. The minimum absolute atomic E-state index is 0.0662. The Labute approximate surface area is 112 Å². The minimum atomic E-state index is -0.502. The molecule has 1 heterocycles. The van der Waals surface area contributed by atoms with E-state index in [2.05, 4.69) is 10.2 Å². The molecule has 0 unspecified atom stereocenters. The van der Waals surface area contributed by atoms with E-state index in [0.29, 0.717) is 11.4 Å². The molecule has 19 heavy (non-hydrogen) atoms. The van der Waals surface area contributed by atoms with E-state index in [4.69, 9.17) is 0 Å². The van der Waals surface area contributed by atoms with Crippen molar-refractivity contribution in [3.63, 3.8) is 0 Å².